The maximum absolute atomic E-state index is 5.43. The molecule has 0 aromatic heterocycles. The Bertz CT molecular complexity index is 309. The Kier molecular flexibility index (Phi) is 2.85. The molecule has 0 fully saturated rings. The van der Waals surface area contributed by atoms with Crippen molar-refractivity contribution >= 4 is 0 Å². The van der Waals surface area contributed by atoms with E-state index in [-0.39, 0.29) is 6.10 Å². The summed E-state index contributed by atoms with van der Waals surface area (Å²) in [5, 5.41) is 0. The Balaban J connectivity index is 2.03. The van der Waals surface area contributed by atoms with E-state index in [1.54, 1.807) is 0 Å². The van der Waals surface area contributed by atoms with Crippen molar-refractivity contribution < 1.29 is 4.84 Å². The van der Waals surface area contributed by atoms with Crippen LogP contribution in [-0.4, -0.2) is 6.10 Å². The van der Waals surface area contributed by atoms with Gasteiger partial charge in [0.25, 0.3) is 0 Å². The first kappa shape index (κ1) is 9.69. The molecule has 14 heavy (non-hydrogen) atoms. The fraction of sp³-hybridized carbons (Fsp3) is 0.500. The van der Waals surface area contributed by atoms with E-state index in [1.807, 2.05) is 13.8 Å². The highest BCUT2D eigenvalue weighted by Crippen LogP contribution is 2.30. The van der Waals surface area contributed by atoms with Gasteiger partial charge in [-0.05, 0) is 37.8 Å². The zero-order valence-corrected chi connectivity index (χ0v) is 8.79. The number of benzene rings is 1. The zero-order valence-electron chi connectivity index (χ0n) is 8.79. The number of rotatable bonds is 3. The van der Waals surface area contributed by atoms with Gasteiger partial charge in [0, 0.05) is 0 Å². The lowest BCUT2D eigenvalue weighted by molar-refractivity contribution is -0.0262. The molecule has 1 unspecified atom stereocenters. The molecule has 2 nitrogen and oxygen atoms in total. The number of aryl methyl sites for hydroxylation is 1. The molecule has 2 heteroatoms. The van der Waals surface area contributed by atoms with Crippen LogP contribution in [0.4, 0.5) is 0 Å². The predicted octanol–water partition coefficient (Wildman–Crippen LogP) is 2.60. The molecular formula is C12H17NO. The van der Waals surface area contributed by atoms with Crippen LogP contribution in [0.15, 0.2) is 24.3 Å². The van der Waals surface area contributed by atoms with Gasteiger partial charge in [0.15, 0.2) is 0 Å². The van der Waals surface area contributed by atoms with Gasteiger partial charge in [-0.15, -0.1) is 0 Å². The summed E-state index contributed by atoms with van der Waals surface area (Å²) in [6.45, 7) is 4.07. The van der Waals surface area contributed by atoms with E-state index in [4.69, 9.17) is 4.84 Å². The normalized spacial score (nSPS) is 20.1. The Morgan fingerprint density at radius 2 is 2.14 bits per heavy atom. The van der Waals surface area contributed by atoms with E-state index in [0.29, 0.717) is 6.04 Å². The van der Waals surface area contributed by atoms with Gasteiger partial charge in [0.2, 0.25) is 0 Å². The highest BCUT2D eigenvalue weighted by molar-refractivity contribution is 5.33. The lowest BCUT2D eigenvalue weighted by Crippen LogP contribution is -2.23. The average Bonchev–Trinajstić information content (AvgIpc) is 2.58. The lowest BCUT2D eigenvalue weighted by atomic mass is 10.1. The van der Waals surface area contributed by atoms with Crippen LogP contribution in [0, 0.1) is 0 Å². The molecular weight excluding hydrogens is 174 g/mol. The number of nitrogens with one attached hydrogen (secondary N) is 1. The number of hydrogen-bond donors (Lipinski definition) is 1. The van der Waals surface area contributed by atoms with Crippen molar-refractivity contribution in [2.45, 2.75) is 38.8 Å². The highest BCUT2D eigenvalue weighted by Gasteiger charge is 2.21. The van der Waals surface area contributed by atoms with E-state index in [0.717, 1.165) is 12.8 Å². The van der Waals surface area contributed by atoms with E-state index in [1.165, 1.54) is 11.1 Å². The van der Waals surface area contributed by atoms with Gasteiger partial charge in [-0.3, -0.25) is 4.84 Å². The van der Waals surface area contributed by atoms with Crippen molar-refractivity contribution in [1.82, 2.24) is 5.48 Å². The first-order chi connectivity index (χ1) is 6.77. The molecule has 0 saturated carbocycles. The molecule has 1 atom stereocenters. The molecule has 1 aliphatic rings. The first-order valence-corrected chi connectivity index (χ1v) is 5.26. The van der Waals surface area contributed by atoms with E-state index < -0.39 is 0 Å². The Morgan fingerprint density at radius 1 is 1.36 bits per heavy atom. The summed E-state index contributed by atoms with van der Waals surface area (Å²) in [6.07, 6.45) is 2.55. The van der Waals surface area contributed by atoms with Gasteiger partial charge < -0.3 is 0 Å². The lowest BCUT2D eigenvalue weighted by Gasteiger charge is -2.15. The summed E-state index contributed by atoms with van der Waals surface area (Å²) in [6, 6.07) is 8.96. The van der Waals surface area contributed by atoms with Gasteiger partial charge in [-0.1, -0.05) is 24.3 Å². The Labute approximate surface area is 85.2 Å². The van der Waals surface area contributed by atoms with E-state index >= 15 is 0 Å². The molecule has 1 aromatic carbocycles. The minimum absolute atomic E-state index is 0.239. The van der Waals surface area contributed by atoms with Crippen molar-refractivity contribution in [3.8, 4) is 0 Å². The van der Waals surface area contributed by atoms with Crippen LogP contribution in [0.2, 0.25) is 0 Å². The van der Waals surface area contributed by atoms with Gasteiger partial charge in [-0.2, -0.15) is 5.48 Å². The molecule has 0 radical (unpaired) electrons. The number of fused-ring (bicyclic) bond motifs is 1. The van der Waals surface area contributed by atoms with Crippen molar-refractivity contribution in [3.63, 3.8) is 0 Å². The molecule has 1 aliphatic carbocycles. The van der Waals surface area contributed by atoms with Crippen LogP contribution in [0.5, 0.6) is 0 Å². The summed E-state index contributed by atoms with van der Waals surface area (Å²) in [5.41, 5.74) is 5.99. The van der Waals surface area contributed by atoms with E-state index in [2.05, 4.69) is 29.7 Å². The van der Waals surface area contributed by atoms with Crippen molar-refractivity contribution in [1.29, 1.82) is 0 Å². The van der Waals surface area contributed by atoms with Crippen LogP contribution < -0.4 is 5.48 Å². The zero-order chi connectivity index (χ0) is 9.97. The summed E-state index contributed by atoms with van der Waals surface area (Å²) < 4.78 is 0. The smallest absolute Gasteiger partial charge is 0.0734 e. The van der Waals surface area contributed by atoms with Crippen LogP contribution in [0.3, 0.4) is 0 Å². The topological polar surface area (TPSA) is 21.3 Å². The SMILES string of the molecule is CC(C)ONC1CCc2ccccc21. The first-order valence-electron chi connectivity index (χ1n) is 5.26. The predicted molar refractivity (Wildman–Crippen MR) is 56.9 cm³/mol. The Morgan fingerprint density at radius 3 is 2.93 bits per heavy atom. The molecule has 0 bridgehead atoms. The molecule has 2 rings (SSSR count). The second kappa shape index (κ2) is 4.11. The summed E-state index contributed by atoms with van der Waals surface area (Å²) in [5.74, 6) is 0. The fourth-order valence-corrected chi connectivity index (χ4v) is 1.90. The quantitative estimate of drug-likeness (QED) is 0.741. The minimum Gasteiger partial charge on any atom is -0.299 e. The third-order valence-electron chi connectivity index (χ3n) is 2.58. The van der Waals surface area contributed by atoms with Crippen LogP contribution in [0.1, 0.15) is 37.4 Å². The Hall–Kier alpha value is -0.860. The maximum Gasteiger partial charge on any atom is 0.0734 e. The molecule has 0 saturated heterocycles. The molecule has 0 amide bonds. The summed E-state index contributed by atoms with van der Waals surface area (Å²) >= 11 is 0. The molecule has 0 aliphatic heterocycles. The van der Waals surface area contributed by atoms with Crippen molar-refractivity contribution in [3.05, 3.63) is 35.4 Å². The van der Waals surface area contributed by atoms with Gasteiger partial charge in [-0.25, -0.2) is 0 Å². The standard InChI is InChI=1S/C12H17NO/c1-9(2)14-13-12-8-7-10-5-3-4-6-11(10)12/h3-6,9,12-13H,7-8H2,1-2H3. The minimum atomic E-state index is 0.239. The van der Waals surface area contributed by atoms with Crippen molar-refractivity contribution in [2.75, 3.05) is 0 Å². The third-order valence-corrected chi connectivity index (χ3v) is 2.58. The maximum atomic E-state index is 5.43. The van der Waals surface area contributed by atoms with Crippen LogP contribution in [0.25, 0.3) is 0 Å². The van der Waals surface area contributed by atoms with Gasteiger partial charge in [0.1, 0.15) is 0 Å². The highest BCUT2D eigenvalue weighted by atomic mass is 16.7. The number of hydroxylamine groups is 1. The monoisotopic (exact) mass is 191 g/mol. The molecule has 0 heterocycles. The van der Waals surface area contributed by atoms with E-state index in [9.17, 15) is 0 Å². The largest absolute Gasteiger partial charge is 0.299 e. The average molecular weight is 191 g/mol. The second-order valence-corrected chi connectivity index (χ2v) is 4.07. The molecule has 1 aromatic rings. The third kappa shape index (κ3) is 1.97. The summed E-state index contributed by atoms with van der Waals surface area (Å²) in [4.78, 5) is 5.43. The van der Waals surface area contributed by atoms with Gasteiger partial charge >= 0.3 is 0 Å². The van der Waals surface area contributed by atoms with Crippen LogP contribution >= 0.6 is 0 Å². The van der Waals surface area contributed by atoms with Crippen molar-refractivity contribution in [2.24, 2.45) is 0 Å². The molecule has 76 valence electrons. The van der Waals surface area contributed by atoms with Crippen LogP contribution in [-0.2, 0) is 11.3 Å². The number of hydrogen-bond acceptors (Lipinski definition) is 2. The summed E-state index contributed by atoms with van der Waals surface area (Å²) in [7, 11) is 0. The molecule has 0 spiro atoms. The fourth-order valence-electron chi connectivity index (χ4n) is 1.90. The molecule has 1 N–H and O–H groups in total. The van der Waals surface area contributed by atoms with Gasteiger partial charge in [0.05, 0.1) is 12.1 Å². The second-order valence-electron chi connectivity index (χ2n) is 4.07.